The average Bonchev–Trinajstić information content (AvgIpc) is 2.15. The van der Waals surface area contributed by atoms with Gasteiger partial charge in [0.1, 0.15) is 0 Å². The first-order valence-electron chi connectivity index (χ1n) is 4.44. The second-order valence-electron chi connectivity index (χ2n) is 3.13. The van der Waals surface area contributed by atoms with Crippen LogP contribution in [0.3, 0.4) is 0 Å². The molecule has 0 radical (unpaired) electrons. The number of carbonyl (C=O) groups is 1. The Morgan fingerprint density at radius 2 is 1.87 bits per heavy atom. The van der Waals surface area contributed by atoms with Gasteiger partial charge in [-0.05, 0) is 56.5 Å². The number of hydrogen-bond acceptors (Lipinski definition) is 2. The maximum absolute atomic E-state index is 11.1. The van der Waals surface area contributed by atoms with Crippen molar-refractivity contribution in [2.24, 2.45) is 0 Å². The molecule has 0 fully saturated rings. The maximum Gasteiger partial charge on any atom is 0.239 e. The zero-order chi connectivity index (χ0) is 11.4. The van der Waals surface area contributed by atoms with E-state index in [9.17, 15) is 4.79 Å². The van der Waals surface area contributed by atoms with Gasteiger partial charge in [-0.3, -0.25) is 4.79 Å². The first kappa shape index (κ1) is 12.5. The Morgan fingerprint density at radius 3 is 2.33 bits per heavy atom. The van der Waals surface area contributed by atoms with Crippen molar-refractivity contribution in [3.05, 3.63) is 26.6 Å². The van der Waals surface area contributed by atoms with E-state index in [2.05, 4.69) is 42.5 Å². The third-order valence-corrected chi connectivity index (χ3v) is 3.14. The number of likely N-dealkylation sites (N-methyl/N-ethyl adjacent to an activating group) is 1. The number of aryl methyl sites for hydroxylation is 1. The summed E-state index contributed by atoms with van der Waals surface area (Å²) in [5.74, 6) is -0.0469. The Bertz CT molecular complexity index is 357. The summed E-state index contributed by atoms with van der Waals surface area (Å²) in [5.41, 5.74) is 2.04. The van der Waals surface area contributed by atoms with Crippen LogP contribution in [0.25, 0.3) is 0 Å². The quantitative estimate of drug-likeness (QED) is 0.891. The molecule has 1 aromatic carbocycles. The van der Waals surface area contributed by atoms with Crippen LogP contribution >= 0.6 is 31.9 Å². The molecule has 0 atom stereocenters. The second kappa shape index (κ2) is 5.51. The zero-order valence-electron chi connectivity index (χ0n) is 8.53. The molecule has 1 aromatic rings. The van der Waals surface area contributed by atoms with Crippen LogP contribution in [-0.4, -0.2) is 19.5 Å². The maximum atomic E-state index is 11.1. The largest absolute Gasteiger partial charge is 0.374 e. The summed E-state index contributed by atoms with van der Waals surface area (Å²) in [4.78, 5) is 11.1. The molecule has 0 bridgehead atoms. The number of anilines is 1. The molecule has 82 valence electrons. The van der Waals surface area contributed by atoms with Crippen molar-refractivity contribution >= 4 is 43.5 Å². The molecule has 2 N–H and O–H groups in total. The van der Waals surface area contributed by atoms with Gasteiger partial charge >= 0.3 is 0 Å². The van der Waals surface area contributed by atoms with E-state index in [4.69, 9.17) is 0 Å². The van der Waals surface area contributed by atoms with Crippen LogP contribution in [0.15, 0.2) is 21.1 Å². The van der Waals surface area contributed by atoms with Gasteiger partial charge < -0.3 is 10.6 Å². The van der Waals surface area contributed by atoms with E-state index in [0.29, 0.717) is 0 Å². The third-order valence-electron chi connectivity index (χ3n) is 1.89. The van der Waals surface area contributed by atoms with E-state index in [1.807, 2.05) is 19.1 Å². The lowest BCUT2D eigenvalue weighted by Crippen LogP contribution is -2.26. The summed E-state index contributed by atoms with van der Waals surface area (Å²) < 4.78 is 1.89. The average molecular weight is 336 g/mol. The smallest absolute Gasteiger partial charge is 0.239 e. The fourth-order valence-corrected chi connectivity index (χ4v) is 2.82. The SMILES string of the molecule is CNC(=O)CNc1c(Br)cc(C)cc1Br. The summed E-state index contributed by atoms with van der Waals surface area (Å²) >= 11 is 6.89. The molecule has 0 spiro atoms. The number of amides is 1. The minimum Gasteiger partial charge on any atom is -0.374 e. The van der Waals surface area contributed by atoms with Gasteiger partial charge in [0.2, 0.25) is 5.91 Å². The highest BCUT2D eigenvalue weighted by Gasteiger charge is 2.06. The van der Waals surface area contributed by atoms with Gasteiger partial charge in [0.25, 0.3) is 0 Å². The number of hydrogen-bond donors (Lipinski definition) is 2. The first-order chi connectivity index (χ1) is 7.04. The van der Waals surface area contributed by atoms with Crippen LogP contribution in [0.1, 0.15) is 5.56 Å². The molecule has 3 nitrogen and oxygen atoms in total. The Labute approximate surface area is 106 Å². The molecule has 15 heavy (non-hydrogen) atoms. The number of carbonyl (C=O) groups excluding carboxylic acids is 1. The van der Waals surface area contributed by atoms with E-state index in [1.165, 1.54) is 0 Å². The summed E-state index contributed by atoms with van der Waals surface area (Å²) in [5, 5.41) is 5.61. The Kier molecular flexibility index (Phi) is 4.60. The number of rotatable bonds is 3. The third kappa shape index (κ3) is 3.50. The monoisotopic (exact) mass is 334 g/mol. The molecule has 0 aliphatic rings. The van der Waals surface area contributed by atoms with E-state index in [1.54, 1.807) is 7.05 Å². The van der Waals surface area contributed by atoms with Crippen LogP contribution < -0.4 is 10.6 Å². The highest BCUT2D eigenvalue weighted by atomic mass is 79.9. The summed E-state index contributed by atoms with van der Waals surface area (Å²) in [6.07, 6.45) is 0. The lowest BCUT2D eigenvalue weighted by Gasteiger charge is -2.10. The lowest BCUT2D eigenvalue weighted by atomic mass is 10.2. The number of halogens is 2. The molecule has 0 aromatic heterocycles. The van der Waals surface area contributed by atoms with E-state index in [0.717, 1.165) is 20.2 Å². The molecule has 0 aliphatic carbocycles. The lowest BCUT2D eigenvalue weighted by molar-refractivity contribution is -0.118. The highest BCUT2D eigenvalue weighted by Crippen LogP contribution is 2.31. The van der Waals surface area contributed by atoms with Crippen LogP contribution in [0, 0.1) is 6.92 Å². The van der Waals surface area contributed by atoms with Gasteiger partial charge in [0.05, 0.1) is 12.2 Å². The van der Waals surface area contributed by atoms with E-state index in [-0.39, 0.29) is 12.5 Å². The van der Waals surface area contributed by atoms with Gasteiger partial charge in [-0.15, -0.1) is 0 Å². The molecule has 0 heterocycles. The summed E-state index contributed by atoms with van der Waals surface area (Å²) in [6.45, 7) is 2.27. The van der Waals surface area contributed by atoms with Crippen molar-refractivity contribution in [2.75, 3.05) is 18.9 Å². The number of nitrogens with one attached hydrogen (secondary N) is 2. The van der Waals surface area contributed by atoms with Crippen molar-refractivity contribution < 1.29 is 4.79 Å². The van der Waals surface area contributed by atoms with Crippen molar-refractivity contribution in [2.45, 2.75) is 6.92 Å². The molecule has 5 heteroatoms. The Hall–Kier alpha value is -0.550. The molecule has 0 saturated heterocycles. The standard InChI is InChI=1S/C10H12Br2N2O/c1-6-3-7(11)10(8(12)4-6)14-5-9(15)13-2/h3-4,14H,5H2,1-2H3,(H,13,15). The van der Waals surface area contributed by atoms with Gasteiger partial charge in [0.15, 0.2) is 0 Å². The fourth-order valence-electron chi connectivity index (χ4n) is 1.13. The normalized spacial score (nSPS) is 9.87. The first-order valence-corrected chi connectivity index (χ1v) is 6.03. The minimum absolute atomic E-state index is 0.0469. The number of benzene rings is 1. The second-order valence-corrected chi connectivity index (χ2v) is 4.84. The summed E-state index contributed by atoms with van der Waals surface area (Å²) in [6, 6.07) is 3.99. The van der Waals surface area contributed by atoms with Crippen LogP contribution in [-0.2, 0) is 4.79 Å². The minimum atomic E-state index is -0.0469. The van der Waals surface area contributed by atoms with Gasteiger partial charge in [-0.25, -0.2) is 0 Å². The molecule has 1 amide bonds. The van der Waals surface area contributed by atoms with Crippen LogP contribution in [0.5, 0.6) is 0 Å². The molecular formula is C10H12Br2N2O. The Morgan fingerprint density at radius 1 is 1.33 bits per heavy atom. The van der Waals surface area contributed by atoms with Gasteiger partial charge in [-0.2, -0.15) is 0 Å². The fraction of sp³-hybridized carbons (Fsp3) is 0.300. The van der Waals surface area contributed by atoms with Crippen molar-refractivity contribution in [1.82, 2.24) is 5.32 Å². The predicted molar refractivity (Wildman–Crippen MR) is 69.1 cm³/mol. The molecule has 0 aliphatic heterocycles. The van der Waals surface area contributed by atoms with E-state index >= 15 is 0 Å². The van der Waals surface area contributed by atoms with Crippen molar-refractivity contribution in [3.8, 4) is 0 Å². The van der Waals surface area contributed by atoms with Gasteiger partial charge in [0, 0.05) is 16.0 Å². The highest BCUT2D eigenvalue weighted by molar-refractivity contribution is 9.11. The summed E-state index contributed by atoms with van der Waals surface area (Å²) in [7, 11) is 1.61. The topological polar surface area (TPSA) is 41.1 Å². The molecular weight excluding hydrogens is 324 g/mol. The molecule has 0 saturated carbocycles. The zero-order valence-corrected chi connectivity index (χ0v) is 11.7. The van der Waals surface area contributed by atoms with Crippen LogP contribution in [0.2, 0.25) is 0 Å². The molecule has 0 unspecified atom stereocenters. The van der Waals surface area contributed by atoms with Crippen molar-refractivity contribution in [3.63, 3.8) is 0 Å². The van der Waals surface area contributed by atoms with Crippen molar-refractivity contribution in [1.29, 1.82) is 0 Å². The Balaban J connectivity index is 2.81. The van der Waals surface area contributed by atoms with E-state index < -0.39 is 0 Å². The van der Waals surface area contributed by atoms with Gasteiger partial charge in [-0.1, -0.05) is 0 Å². The molecule has 1 rings (SSSR count). The predicted octanol–water partition coefficient (Wildman–Crippen LogP) is 2.68. The van der Waals surface area contributed by atoms with Crippen LogP contribution in [0.4, 0.5) is 5.69 Å².